The highest BCUT2D eigenvalue weighted by atomic mass is 32.2. The third-order valence-electron chi connectivity index (χ3n) is 5.27. The molecule has 0 bridgehead atoms. The fourth-order valence-corrected chi connectivity index (χ4v) is 5.22. The van der Waals surface area contributed by atoms with Gasteiger partial charge < -0.3 is 15.5 Å². The second-order valence-electron chi connectivity index (χ2n) is 7.31. The Labute approximate surface area is 177 Å². The number of nitrogens with one attached hydrogen (secondary N) is 1. The van der Waals surface area contributed by atoms with Gasteiger partial charge >= 0.3 is 0 Å². The molecule has 1 unspecified atom stereocenters. The summed E-state index contributed by atoms with van der Waals surface area (Å²) in [6.45, 7) is 0.220. The number of sulfonamides is 1. The Balaban J connectivity index is 1.56. The molecule has 0 radical (unpaired) electrons. The van der Waals surface area contributed by atoms with Gasteiger partial charge in [-0.2, -0.15) is 4.31 Å². The van der Waals surface area contributed by atoms with Crippen LogP contribution in [-0.4, -0.2) is 37.6 Å². The van der Waals surface area contributed by atoms with Gasteiger partial charge in [0, 0.05) is 18.5 Å². The van der Waals surface area contributed by atoms with Crippen molar-refractivity contribution in [3.8, 4) is 0 Å². The highest BCUT2D eigenvalue weighted by molar-refractivity contribution is 7.89. The minimum Gasteiger partial charge on any atom is -0.449 e. The van der Waals surface area contributed by atoms with Crippen LogP contribution in [0.1, 0.15) is 23.4 Å². The van der Waals surface area contributed by atoms with Gasteiger partial charge in [-0.25, -0.2) is 12.8 Å². The number of rotatable bonds is 5. The van der Waals surface area contributed by atoms with Crippen LogP contribution in [0.5, 0.6) is 0 Å². The Morgan fingerprint density at radius 2 is 1.84 bits per heavy atom. The lowest BCUT2D eigenvalue weighted by Gasteiger charge is -2.31. The first-order valence-corrected chi connectivity index (χ1v) is 11.1. The number of carbonyl (C=O) groups is 2. The van der Waals surface area contributed by atoms with Gasteiger partial charge in [0.25, 0.3) is 5.91 Å². The van der Waals surface area contributed by atoms with Crippen molar-refractivity contribution in [2.45, 2.75) is 17.7 Å². The molecule has 0 aliphatic carbocycles. The number of carbonyl (C=O) groups excluding carboxylic acids is 2. The van der Waals surface area contributed by atoms with E-state index in [1.54, 1.807) is 24.3 Å². The first kappa shape index (κ1) is 21.0. The van der Waals surface area contributed by atoms with Crippen molar-refractivity contribution in [1.82, 2.24) is 4.31 Å². The zero-order valence-electron chi connectivity index (χ0n) is 16.4. The number of piperidine rings is 1. The standard InChI is InChI=1S/C21H20FN3O5S/c22-14-7-9-15(10-8-14)31(28,29)25-11-3-4-13(12-25)21(27)24-18-16-5-1-2-6-17(16)30-19(18)20(23)26/h1-2,5-10,13H,3-4,11-12H2,(H2,23,26)(H,24,27). The lowest BCUT2D eigenvalue weighted by Crippen LogP contribution is -2.43. The number of furan rings is 1. The molecule has 2 amide bonds. The maximum absolute atomic E-state index is 13.2. The van der Waals surface area contributed by atoms with Crippen LogP contribution in [0.25, 0.3) is 11.0 Å². The van der Waals surface area contributed by atoms with Crippen LogP contribution in [0.4, 0.5) is 10.1 Å². The Morgan fingerprint density at radius 1 is 1.13 bits per heavy atom. The topological polar surface area (TPSA) is 123 Å². The summed E-state index contributed by atoms with van der Waals surface area (Å²) in [5.74, 6) is -2.60. The normalized spacial score (nSPS) is 17.5. The molecule has 10 heteroatoms. The molecule has 0 saturated carbocycles. The zero-order valence-corrected chi connectivity index (χ0v) is 17.2. The van der Waals surface area contributed by atoms with Crippen molar-refractivity contribution in [3.05, 3.63) is 60.1 Å². The number of hydrogen-bond donors (Lipinski definition) is 2. The van der Waals surface area contributed by atoms with Crippen LogP contribution in [0.3, 0.4) is 0 Å². The van der Waals surface area contributed by atoms with Gasteiger partial charge in [-0.15, -0.1) is 0 Å². The van der Waals surface area contributed by atoms with E-state index in [9.17, 15) is 22.4 Å². The van der Waals surface area contributed by atoms with Gasteiger partial charge in [0.05, 0.1) is 10.8 Å². The van der Waals surface area contributed by atoms with Gasteiger partial charge in [-0.3, -0.25) is 9.59 Å². The van der Waals surface area contributed by atoms with E-state index in [4.69, 9.17) is 10.2 Å². The van der Waals surface area contributed by atoms with Gasteiger partial charge in [-0.05, 0) is 49.2 Å². The van der Waals surface area contributed by atoms with Crippen molar-refractivity contribution in [1.29, 1.82) is 0 Å². The predicted octanol–water partition coefficient (Wildman–Crippen LogP) is 2.71. The molecule has 3 aromatic rings. The summed E-state index contributed by atoms with van der Waals surface area (Å²) >= 11 is 0. The number of benzene rings is 2. The third kappa shape index (κ3) is 4.04. The van der Waals surface area contributed by atoms with Gasteiger partial charge in [0.1, 0.15) is 17.1 Å². The Bertz CT molecular complexity index is 1250. The lowest BCUT2D eigenvalue weighted by molar-refractivity contribution is -0.120. The lowest BCUT2D eigenvalue weighted by atomic mass is 9.98. The molecule has 1 aromatic heterocycles. The quantitative estimate of drug-likeness (QED) is 0.625. The Morgan fingerprint density at radius 3 is 2.55 bits per heavy atom. The van der Waals surface area contributed by atoms with Crippen molar-refractivity contribution >= 4 is 38.5 Å². The summed E-state index contributed by atoms with van der Waals surface area (Å²) in [4.78, 5) is 24.7. The number of nitrogens with two attached hydrogens (primary N) is 1. The molecule has 1 saturated heterocycles. The fourth-order valence-electron chi connectivity index (χ4n) is 3.70. The third-order valence-corrected chi connectivity index (χ3v) is 7.15. The molecule has 31 heavy (non-hydrogen) atoms. The summed E-state index contributed by atoms with van der Waals surface area (Å²) in [5, 5.41) is 3.22. The molecule has 3 N–H and O–H groups in total. The zero-order chi connectivity index (χ0) is 22.2. The van der Waals surface area contributed by atoms with Crippen LogP contribution >= 0.6 is 0 Å². The number of halogens is 1. The maximum Gasteiger partial charge on any atom is 0.286 e. The van der Waals surface area contributed by atoms with E-state index >= 15 is 0 Å². The molecule has 1 fully saturated rings. The predicted molar refractivity (Wildman–Crippen MR) is 111 cm³/mol. The van der Waals surface area contributed by atoms with Crippen LogP contribution < -0.4 is 11.1 Å². The fraction of sp³-hybridized carbons (Fsp3) is 0.238. The second kappa shape index (κ2) is 8.12. The monoisotopic (exact) mass is 445 g/mol. The number of fused-ring (bicyclic) bond motifs is 1. The number of primary amides is 1. The highest BCUT2D eigenvalue weighted by Gasteiger charge is 2.34. The summed E-state index contributed by atoms with van der Waals surface area (Å²) < 4.78 is 45.6. The molecule has 1 atom stereocenters. The second-order valence-corrected chi connectivity index (χ2v) is 9.25. The van der Waals surface area contributed by atoms with E-state index in [-0.39, 0.29) is 29.4 Å². The number of amides is 2. The molecular formula is C21H20FN3O5S. The van der Waals surface area contributed by atoms with E-state index in [1.807, 2.05) is 0 Å². The minimum atomic E-state index is -3.87. The molecule has 4 rings (SSSR count). The number of para-hydroxylation sites is 1. The Kier molecular flexibility index (Phi) is 5.50. The van der Waals surface area contributed by atoms with Crippen molar-refractivity contribution in [2.75, 3.05) is 18.4 Å². The van der Waals surface area contributed by atoms with Crippen LogP contribution in [0.2, 0.25) is 0 Å². The Hall–Kier alpha value is -3.24. The molecule has 0 spiro atoms. The van der Waals surface area contributed by atoms with Gasteiger partial charge in [0.15, 0.2) is 0 Å². The highest BCUT2D eigenvalue weighted by Crippen LogP contribution is 2.32. The minimum absolute atomic E-state index is 0.0345. The molecule has 1 aliphatic heterocycles. The molecule has 2 heterocycles. The SMILES string of the molecule is NC(=O)c1oc2ccccc2c1NC(=O)C1CCCN(S(=O)(=O)c2ccc(F)cc2)C1. The van der Waals surface area contributed by atoms with Crippen LogP contribution in [0, 0.1) is 11.7 Å². The first-order chi connectivity index (χ1) is 14.8. The van der Waals surface area contributed by atoms with E-state index in [1.165, 1.54) is 16.4 Å². The van der Waals surface area contributed by atoms with Crippen molar-refractivity contribution < 1.29 is 26.8 Å². The van der Waals surface area contributed by atoms with E-state index in [0.29, 0.717) is 23.8 Å². The first-order valence-electron chi connectivity index (χ1n) is 9.65. The number of anilines is 1. The number of hydrogen-bond acceptors (Lipinski definition) is 5. The summed E-state index contributed by atoms with van der Waals surface area (Å²) in [7, 11) is -3.87. The molecular weight excluding hydrogens is 425 g/mol. The summed E-state index contributed by atoms with van der Waals surface area (Å²) in [6, 6.07) is 11.3. The van der Waals surface area contributed by atoms with E-state index in [0.717, 1.165) is 12.1 Å². The van der Waals surface area contributed by atoms with Crippen molar-refractivity contribution in [3.63, 3.8) is 0 Å². The van der Waals surface area contributed by atoms with Crippen LogP contribution in [0.15, 0.2) is 57.8 Å². The smallest absolute Gasteiger partial charge is 0.286 e. The van der Waals surface area contributed by atoms with Gasteiger partial charge in [0.2, 0.25) is 21.7 Å². The van der Waals surface area contributed by atoms with Crippen LogP contribution in [-0.2, 0) is 14.8 Å². The molecule has 162 valence electrons. The average molecular weight is 445 g/mol. The van der Waals surface area contributed by atoms with E-state index in [2.05, 4.69) is 5.32 Å². The maximum atomic E-state index is 13.2. The molecule has 8 nitrogen and oxygen atoms in total. The molecule has 1 aliphatic rings. The van der Waals surface area contributed by atoms with Crippen molar-refractivity contribution in [2.24, 2.45) is 11.7 Å². The van der Waals surface area contributed by atoms with Gasteiger partial charge in [-0.1, -0.05) is 12.1 Å². The summed E-state index contributed by atoms with van der Waals surface area (Å²) in [5.41, 5.74) is 5.96. The number of nitrogens with zero attached hydrogens (tertiary/aromatic N) is 1. The average Bonchev–Trinajstić information content (AvgIpc) is 3.13. The molecule has 2 aromatic carbocycles. The van der Waals surface area contributed by atoms with E-state index < -0.39 is 33.6 Å². The summed E-state index contributed by atoms with van der Waals surface area (Å²) in [6.07, 6.45) is 0.955. The largest absolute Gasteiger partial charge is 0.449 e.